The summed E-state index contributed by atoms with van der Waals surface area (Å²) >= 11 is 6.25. The number of piperazine rings is 1. The van der Waals surface area contributed by atoms with Crippen molar-refractivity contribution < 1.29 is 4.79 Å². The summed E-state index contributed by atoms with van der Waals surface area (Å²) in [6.45, 7) is 8.81. The maximum Gasteiger partial charge on any atom is 0.257 e. The molecule has 1 amide bonds. The highest BCUT2D eigenvalue weighted by Gasteiger charge is 2.26. The molecule has 1 aromatic carbocycles. The number of nitrogens with one attached hydrogen (secondary N) is 1. The smallest absolute Gasteiger partial charge is 0.257 e. The minimum Gasteiger partial charge on any atom is -0.336 e. The Hall–Kier alpha value is -1.85. The summed E-state index contributed by atoms with van der Waals surface area (Å²) < 4.78 is 1.87. The molecule has 24 heavy (non-hydrogen) atoms. The van der Waals surface area contributed by atoms with E-state index < -0.39 is 0 Å². The first kappa shape index (κ1) is 17.0. The van der Waals surface area contributed by atoms with Crippen molar-refractivity contribution >= 4 is 17.5 Å². The van der Waals surface area contributed by atoms with Gasteiger partial charge >= 0.3 is 0 Å². The molecule has 0 saturated carbocycles. The van der Waals surface area contributed by atoms with Gasteiger partial charge in [-0.2, -0.15) is 5.10 Å². The molecule has 3 rings (SSSR count). The molecule has 1 aromatic heterocycles. The van der Waals surface area contributed by atoms with Crippen molar-refractivity contribution in [1.82, 2.24) is 20.0 Å². The van der Waals surface area contributed by atoms with Crippen molar-refractivity contribution in [3.63, 3.8) is 0 Å². The van der Waals surface area contributed by atoms with Crippen LogP contribution in [0.25, 0.3) is 0 Å². The normalized spacial score (nSPS) is 18.0. The van der Waals surface area contributed by atoms with Gasteiger partial charge in [0, 0.05) is 36.4 Å². The van der Waals surface area contributed by atoms with Crippen molar-refractivity contribution in [2.24, 2.45) is 0 Å². The second-order valence-corrected chi connectivity index (χ2v) is 6.81. The van der Waals surface area contributed by atoms with Gasteiger partial charge < -0.3 is 10.2 Å². The van der Waals surface area contributed by atoms with E-state index in [2.05, 4.69) is 17.3 Å². The Balaban J connectivity index is 1.86. The van der Waals surface area contributed by atoms with Gasteiger partial charge in [-0.05, 0) is 32.4 Å². The topological polar surface area (TPSA) is 50.2 Å². The minimum absolute atomic E-state index is 0.0729. The van der Waals surface area contributed by atoms with Gasteiger partial charge in [0.2, 0.25) is 0 Å². The van der Waals surface area contributed by atoms with Crippen LogP contribution in [0.3, 0.4) is 0 Å². The quantitative estimate of drug-likeness (QED) is 0.929. The first-order chi connectivity index (χ1) is 11.5. The largest absolute Gasteiger partial charge is 0.336 e. The first-order valence-corrected chi connectivity index (χ1v) is 8.65. The average molecular weight is 347 g/mol. The predicted molar refractivity (Wildman–Crippen MR) is 95.6 cm³/mol. The van der Waals surface area contributed by atoms with Crippen molar-refractivity contribution in [3.05, 3.63) is 51.8 Å². The fourth-order valence-corrected chi connectivity index (χ4v) is 3.42. The Morgan fingerprint density at radius 1 is 1.38 bits per heavy atom. The summed E-state index contributed by atoms with van der Waals surface area (Å²) in [5, 5.41) is 8.66. The van der Waals surface area contributed by atoms with Crippen LogP contribution in [0.2, 0.25) is 5.02 Å². The van der Waals surface area contributed by atoms with Crippen LogP contribution in [0, 0.1) is 13.8 Å². The number of carbonyl (C=O) groups is 1. The lowest BCUT2D eigenvalue weighted by Gasteiger charge is -2.32. The third kappa shape index (κ3) is 3.32. The van der Waals surface area contributed by atoms with Crippen molar-refractivity contribution in [3.8, 4) is 0 Å². The molecule has 2 aromatic rings. The third-order valence-electron chi connectivity index (χ3n) is 4.53. The Kier molecular flexibility index (Phi) is 4.92. The van der Waals surface area contributed by atoms with E-state index in [4.69, 9.17) is 11.6 Å². The zero-order valence-corrected chi connectivity index (χ0v) is 15.1. The van der Waals surface area contributed by atoms with Gasteiger partial charge in [-0.1, -0.05) is 29.8 Å². The summed E-state index contributed by atoms with van der Waals surface area (Å²) in [6, 6.07) is 8.05. The molecular weight excluding hydrogens is 324 g/mol. The van der Waals surface area contributed by atoms with E-state index in [0.717, 1.165) is 42.1 Å². The van der Waals surface area contributed by atoms with Gasteiger partial charge in [0.25, 0.3) is 5.91 Å². The van der Waals surface area contributed by atoms with Crippen LogP contribution in [0.5, 0.6) is 0 Å². The second-order valence-electron chi connectivity index (χ2n) is 6.40. The zero-order chi connectivity index (χ0) is 17.3. The van der Waals surface area contributed by atoms with E-state index in [9.17, 15) is 4.79 Å². The number of amides is 1. The van der Waals surface area contributed by atoms with Gasteiger partial charge in [-0.15, -0.1) is 0 Å². The molecule has 0 aliphatic carbocycles. The van der Waals surface area contributed by atoms with Crippen LogP contribution in [-0.2, 0) is 6.54 Å². The van der Waals surface area contributed by atoms with Crippen LogP contribution >= 0.6 is 11.6 Å². The van der Waals surface area contributed by atoms with E-state index in [0.29, 0.717) is 17.6 Å². The van der Waals surface area contributed by atoms with Crippen LogP contribution in [0.1, 0.15) is 34.2 Å². The Bertz CT molecular complexity index is 755. The molecule has 1 aliphatic heterocycles. The van der Waals surface area contributed by atoms with E-state index in [1.165, 1.54) is 0 Å². The highest BCUT2D eigenvalue weighted by molar-refractivity contribution is 6.31. The fourth-order valence-electron chi connectivity index (χ4n) is 3.22. The molecule has 1 unspecified atom stereocenters. The van der Waals surface area contributed by atoms with E-state index in [1.807, 2.05) is 47.7 Å². The number of benzene rings is 1. The SMILES string of the molecule is Cc1nn(Cc2ccccc2Cl)c(C)c1C(=O)N1CCNC(C)C1. The van der Waals surface area contributed by atoms with Gasteiger partial charge in [-0.3, -0.25) is 9.48 Å². The molecule has 6 heteroatoms. The Morgan fingerprint density at radius 3 is 2.83 bits per heavy atom. The van der Waals surface area contributed by atoms with E-state index in [1.54, 1.807) is 0 Å². The number of aromatic nitrogens is 2. The van der Waals surface area contributed by atoms with Crippen LogP contribution in [0.15, 0.2) is 24.3 Å². The maximum absolute atomic E-state index is 12.9. The standard InChI is InChI=1S/C18H23ClN4O/c1-12-10-22(9-8-20-12)18(24)17-13(2)21-23(14(17)3)11-15-6-4-5-7-16(15)19/h4-7,12,20H,8-11H2,1-3H3. The number of hydrogen-bond donors (Lipinski definition) is 1. The third-order valence-corrected chi connectivity index (χ3v) is 4.90. The predicted octanol–water partition coefficient (Wildman–Crippen LogP) is 2.64. The fraction of sp³-hybridized carbons (Fsp3) is 0.444. The molecule has 1 atom stereocenters. The van der Waals surface area contributed by atoms with Gasteiger partial charge in [0.05, 0.1) is 17.8 Å². The number of rotatable bonds is 3. The van der Waals surface area contributed by atoms with E-state index >= 15 is 0 Å². The number of halogens is 1. The lowest BCUT2D eigenvalue weighted by molar-refractivity contribution is 0.0707. The molecule has 5 nitrogen and oxygen atoms in total. The number of nitrogens with zero attached hydrogens (tertiary/aromatic N) is 3. The first-order valence-electron chi connectivity index (χ1n) is 8.27. The summed E-state index contributed by atoms with van der Waals surface area (Å²) in [7, 11) is 0. The number of hydrogen-bond acceptors (Lipinski definition) is 3. The average Bonchev–Trinajstić information content (AvgIpc) is 2.83. The maximum atomic E-state index is 12.9. The summed E-state index contributed by atoms with van der Waals surface area (Å²) in [5.74, 6) is 0.0729. The van der Waals surface area contributed by atoms with Gasteiger partial charge in [-0.25, -0.2) is 0 Å². The molecule has 1 N–H and O–H groups in total. The molecule has 128 valence electrons. The summed E-state index contributed by atoms with van der Waals surface area (Å²) in [5.41, 5.74) is 3.38. The Labute approximate surface area is 147 Å². The van der Waals surface area contributed by atoms with Crippen LogP contribution in [-0.4, -0.2) is 46.3 Å². The molecule has 0 radical (unpaired) electrons. The lowest BCUT2D eigenvalue weighted by atomic mass is 10.1. The minimum atomic E-state index is 0.0729. The van der Waals surface area contributed by atoms with E-state index in [-0.39, 0.29) is 5.91 Å². The Morgan fingerprint density at radius 2 is 2.12 bits per heavy atom. The summed E-state index contributed by atoms with van der Waals surface area (Å²) in [4.78, 5) is 14.9. The monoisotopic (exact) mass is 346 g/mol. The lowest BCUT2D eigenvalue weighted by Crippen LogP contribution is -2.51. The van der Waals surface area contributed by atoms with Gasteiger partial charge in [0.15, 0.2) is 0 Å². The molecule has 0 bridgehead atoms. The highest BCUT2D eigenvalue weighted by Crippen LogP contribution is 2.21. The second kappa shape index (κ2) is 6.95. The number of aryl methyl sites for hydroxylation is 1. The molecule has 1 aliphatic rings. The number of carbonyl (C=O) groups excluding carboxylic acids is 1. The van der Waals surface area contributed by atoms with Crippen molar-refractivity contribution in [1.29, 1.82) is 0 Å². The van der Waals surface area contributed by atoms with Crippen molar-refractivity contribution in [2.75, 3.05) is 19.6 Å². The van der Waals surface area contributed by atoms with Crippen molar-refractivity contribution in [2.45, 2.75) is 33.4 Å². The van der Waals surface area contributed by atoms with Crippen LogP contribution < -0.4 is 5.32 Å². The van der Waals surface area contributed by atoms with Gasteiger partial charge in [0.1, 0.15) is 0 Å². The molecule has 0 spiro atoms. The molecule has 1 saturated heterocycles. The highest BCUT2D eigenvalue weighted by atomic mass is 35.5. The summed E-state index contributed by atoms with van der Waals surface area (Å²) in [6.07, 6.45) is 0. The van der Waals surface area contributed by atoms with Crippen LogP contribution in [0.4, 0.5) is 0 Å². The zero-order valence-electron chi connectivity index (χ0n) is 14.3. The molecule has 2 heterocycles. The molecule has 1 fully saturated rings. The molecular formula is C18H23ClN4O.